The minimum atomic E-state index is -1.14. The zero-order chi connectivity index (χ0) is 15.8. The van der Waals surface area contributed by atoms with Crippen LogP contribution in [0.25, 0.3) is 0 Å². The fraction of sp³-hybridized carbons (Fsp3) is 1.00. The number of rotatable bonds is 5. The third kappa shape index (κ3) is 3.59. The van der Waals surface area contributed by atoms with Crippen molar-refractivity contribution in [2.45, 2.75) is 78.2 Å². The number of nitrogens with zero attached hydrogens (tertiary/aromatic N) is 1. The van der Waals surface area contributed by atoms with E-state index in [0.717, 1.165) is 0 Å². The second kappa shape index (κ2) is 6.14. The van der Waals surface area contributed by atoms with Crippen LogP contribution < -0.4 is 0 Å². The third-order valence-corrected chi connectivity index (χ3v) is 74.5. The lowest BCUT2D eigenvalue weighted by atomic mass is 10.1. The van der Waals surface area contributed by atoms with Crippen LogP contribution in [0, 0.1) is 0 Å². The largest absolute Gasteiger partial charge is 0.307 e. The Kier molecular flexibility index (Phi) is 5.80. The summed E-state index contributed by atoms with van der Waals surface area (Å²) in [5.41, 5.74) is 0. The fourth-order valence-corrected chi connectivity index (χ4v) is 76.7. The summed E-state index contributed by atoms with van der Waals surface area (Å²) >= 11 is 0. The monoisotopic (exact) mass is 345 g/mol. The first-order chi connectivity index (χ1) is 8.83. The first-order valence-electron chi connectivity index (χ1n) is 8.55. The van der Waals surface area contributed by atoms with Crippen molar-refractivity contribution < 1.29 is 0 Å². The van der Waals surface area contributed by atoms with Gasteiger partial charge >= 0.3 is 0 Å². The van der Waals surface area contributed by atoms with E-state index in [9.17, 15) is 0 Å². The van der Waals surface area contributed by atoms with Crippen LogP contribution in [0.4, 0.5) is 0 Å². The molecule has 1 saturated heterocycles. The number of hydrogen-bond acceptors (Lipinski definition) is 1. The first-order valence-corrected chi connectivity index (χ1v) is 24.3. The zero-order valence-electron chi connectivity index (χ0n) is 15.7. The van der Waals surface area contributed by atoms with Crippen LogP contribution in [-0.4, -0.2) is 53.6 Å². The summed E-state index contributed by atoms with van der Waals surface area (Å²) in [7, 11) is -4.27. The van der Waals surface area contributed by atoms with E-state index in [0.29, 0.717) is 0 Å². The Labute approximate surface area is 131 Å². The van der Waals surface area contributed by atoms with E-state index in [4.69, 9.17) is 0 Å². The minimum absolute atomic E-state index is 1.01. The Morgan fingerprint density at radius 3 is 1.45 bits per heavy atom. The Morgan fingerprint density at radius 1 is 0.650 bits per heavy atom. The molecule has 0 radical (unpaired) electrons. The molecule has 1 heterocycles. The lowest BCUT2D eigenvalue weighted by molar-refractivity contribution is 0.261. The van der Waals surface area contributed by atoms with E-state index < -0.39 is 29.4 Å². The van der Waals surface area contributed by atoms with Crippen molar-refractivity contribution in [2.24, 2.45) is 0 Å². The molecule has 0 amide bonds. The minimum Gasteiger partial charge on any atom is -0.307 e. The highest BCUT2D eigenvalue weighted by atomic mass is 29.8. The second-order valence-corrected chi connectivity index (χ2v) is 51.1. The predicted octanol–water partition coefficient (Wildman–Crippen LogP) is 4.71. The molecule has 0 aromatic heterocycles. The molecular formula is C15H39NSi4. The van der Waals surface area contributed by atoms with E-state index in [1.54, 1.807) is 0 Å². The molecular weight excluding hydrogens is 307 g/mol. The molecule has 1 aliphatic heterocycles. The van der Waals surface area contributed by atoms with Crippen molar-refractivity contribution in [3.05, 3.63) is 0 Å². The van der Waals surface area contributed by atoms with Crippen molar-refractivity contribution in [1.82, 2.24) is 4.90 Å². The lowest BCUT2D eigenvalue weighted by Crippen LogP contribution is -2.82. The van der Waals surface area contributed by atoms with Crippen LogP contribution in [0.5, 0.6) is 0 Å². The van der Waals surface area contributed by atoms with Gasteiger partial charge in [0.15, 0.2) is 0 Å². The average molecular weight is 346 g/mol. The van der Waals surface area contributed by atoms with Crippen LogP contribution in [0.3, 0.4) is 0 Å². The topological polar surface area (TPSA) is 3.24 Å². The van der Waals surface area contributed by atoms with Crippen molar-refractivity contribution >= 4 is 29.4 Å². The van der Waals surface area contributed by atoms with E-state index in [-0.39, 0.29) is 0 Å². The van der Waals surface area contributed by atoms with Gasteiger partial charge in [-0.1, -0.05) is 65.3 Å². The Balaban J connectivity index is 3.10. The number of likely N-dealkylation sites (tertiary alicyclic amines) is 1. The highest BCUT2D eigenvalue weighted by molar-refractivity contribution is 7.83. The summed E-state index contributed by atoms with van der Waals surface area (Å²) in [4.78, 5) is 2.88. The molecule has 1 nitrogen and oxygen atoms in total. The van der Waals surface area contributed by atoms with Gasteiger partial charge in [0.2, 0.25) is 0 Å². The Morgan fingerprint density at radius 2 is 1.10 bits per heavy atom. The van der Waals surface area contributed by atoms with Gasteiger partial charge in [0, 0.05) is 22.3 Å². The molecule has 0 N–H and O–H groups in total. The molecule has 5 heteroatoms. The van der Waals surface area contributed by atoms with Gasteiger partial charge in [0.1, 0.15) is 0 Å². The molecule has 1 aliphatic rings. The Hall–Kier alpha value is 0.828. The van der Waals surface area contributed by atoms with Crippen LogP contribution in [0.15, 0.2) is 0 Å². The maximum Gasteiger partial charge on any atom is 0.0524 e. The molecule has 0 unspecified atom stereocenters. The lowest BCUT2D eigenvalue weighted by Gasteiger charge is -2.56. The Bertz CT molecular complexity index is 324. The quantitative estimate of drug-likeness (QED) is 0.652. The van der Waals surface area contributed by atoms with E-state index in [1.807, 2.05) is 0 Å². The number of piperidine rings is 1. The van der Waals surface area contributed by atoms with Gasteiger partial charge < -0.3 is 4.90 Å². The van der Waals surface area contributed by atoms with Crippen LogP contribution in [0.2, 0.25) is 58.9 Å². The molecule has 1 rings (SSSR count). The maximum absolute atomic E-state index is 2.88. The van der Waals surface area contributed by atoms with E-state index in [2.05, 4.69) is 63.8 Å². The SMILES string of the molecule is C[Si](C)(C)[Si](C)(C)[Si@](C)(CN1CCCCC1)[Si](C)(C)C. The molecule has 0 aliphatic carbocycles. The summed E-state index contributed by atoms with van der Waals surface area (Å²) in [5, 5.41) is 0. The maximum atomic E-state index is 2.88. The van der Waals surface area contributed by atoms with Crippen LogP contribution in [0.1, 0.15) is 19.3 Å². The molecule has 1 atom stereocenters. The summed E-state index contributed by atoms with van der Waals surface area (Å²) < 4.78 is 0. The average Bonchev–Trinajstić information content (AvgIpc) is 2.27. The highest BCUT2D eigenvalue weighted by Gasteiger charge is 2.58. The van der Waals surface area contributed by atoms with Crippen molar-refractivity contribution in [2.75, 3.05) is 19.3 Å². The summed E-state index contributed by atoms with van der Waals surface area (Å²) in [6.45, 7) is 27.3. The molecule has 0 saturated carbocycles. The molecule has 0 aromatic carbocycles. The van der Waals surface area contributed by atoms with Gasteiger partial charge in [-0.05, 0) is 32.1 Å². The van der Waals surface area contributed by atoms with Crippen molar-refractivity contribution in [3.8, 4) is 0 Å². The van der Waals surface area contributed by atoms with E-state index >= 15 is 0 Å². The molecule has 0 spiro atoms. The summed E-state index contributed by atoms with van der Waals surface area (Å²) in [6, 6.07) is 0. The summed E-state index contributed by atoms with van der Waals surface area (Å²) in [5.74, 6) is 0. The van der Waals surface area contributed by atoms with Gasteiger partial charge in [-0.25, -0.2) is 0 Å². The number of hydrogen-bond donors (Lipinski definition) is 0. The predicted molar refractivity (Wildman–Crippen MR) is 106 cm³/mol. The first kappa shape index (κ1) is 18.9. The van der Waals surface area contributed by atoms with Crippen molar-refractivity contribution in [1.29, 1.82) is 0 Å². The standard InChI is InChI=1S/C15H39NSi4/c1-17(2,3)19(7,8)20(9,18(4,5)6)15-16-13-11-10-12-14-16/h10-15H2,1-9H3/t20-/m1/s1. The van der Waals surface area contributed by atoms with Gasteiger partial charge in [-0.3, -0.25) is 0 Å². The van der Waals surface area contributed by atoms with E-state index in [1.165, 1.54) is 38.5 Å². The smallest absolute Gasteiger partial charge is 0.0524 e. The van der Waals surface area contributed by atoms with Crippen LogP contribution >= 0.6 is 0 Å². The van der Waals surface area contributed by atoms with Gasteiger partial charge in [-0.15, -0.1) is 0 Å². The molecule has 1 fully saturated rings. The van der Waals surface area contributed by atoms with Crippen LogP contribution in [-0.2, 0) is 0 Å². The fourth-order valence-electron chi connectivity index (χ4n) is 3.76. The molecule has 0 aromatic rings. The molecule has 20 heavy (non-hydrogen) atoms. The van der Waals surface area contributed by atoms with Gasteiger partial charge in [0.05, 0.1) is 7.11 Å². The molecule has 120 valence electrons. The second-order valence-electron chi connectivity index (χ2n) is 9.79. The third-order valence-electron chi connectivity index (χ3n) is 6.90. The highest BCUT2D eigenvalue weighted by Crippen LogP contribution is 2.36. The van der Waals surface area contributed by atoms with Crippen molar-refractivity contribution in [3.63, 3.8) is 0 Å². The summed E-state index contributed by atoms with van der Waals surface area (Å²) in [6.07, 6.45) is 5.90. The van der Waals surface area contributed by atoms with Gasteiger partial charge in [-0.2, -0.15) is 0 Å². The molecule has 0 bridgehead atoms. The normalized spacial score (nSPS) is 22.6. The zero-order valence-corrected chi connectivity index (χ0v) is 19.7. The van der Waals surface area contributed by atoms with Gasteiger partial charge in [0.25, 0.3) is 0 Å².